The van der Waals surface area contributed by atoms with Crippen LogP contribution in [-0.4, -0.2) is 33.7 Å². The third-order valence-electron chi connectivity index (χ3n) is 5.15. The van der Waals surface area contributed by atoms with Crippen LogP contribution in [0.15, 0.2) is 53.3 Å². The number of furan rings is 1. The second kappa shape index (κ2) is 5.99. The molecule has 0 aliphatic carbocycles. The van der Waals surface area contributed by atoms with Crippen LogP contribution in [0.25, 0.3) is 21.7 Å². The zero-order valence-electron chi connectivity index (χ0n) is 15.3. The molecular formula is C20H16N4O5. The molecule has 1 aliphatic rings. The van der Waals surface area contributed by atoms with Crippen LogP contribution < -0.4 is 15.4 Å². The number of methoxy groups -OCH3 is 1. The highest BCUT2D eigenvalue weighted by atomic mass is 16.5. The molecule has 146 valence electrons. The minimum atomic E-state index is -1.52. The van der Waals surface area contributed by atoms with Gasteiger partial charge in [0.05, 0.1) is 13.7 Å². The van der Waals surface area contributed by atoms with E-state index in [0.717, 1.165) is 5.39 Å². The van der Waals surface area contributed by atoms with E-state index >= 15 is 0 Å². The SMILES string of the molecule is COc1ccc2cn(C[C@@]3(c4cc5cnccc5o4)NC(=O)NC3=O)c(O)c2c1. The van der Waals surface area contributed by atoms with E-state index < -0.39 is 17.5 Å². The smallest absolute Gasteiger partial charge is 0.322 e. The molecule has 4 aromatic rings. The minimum Gasteiger partial charge on any atom is -0.497 e. The Bertz CT molecular complexity index is 1260. The Labute approximate surface area is 163 Å². The molecule has 5 rings (SSSR count). The zero-order chi connectivity index (χ0) is 20.2. The summed E-state index contributed by atoms with van der Waals surface area (Å²) in [7, 11) is 1.54. The number of amides is 3. The molecule has 1 atom stereocenters. The van der Waals surface area contributed by atoms with E-state index in [0.29, 0.717) is 22.1 Å². The Morgan fingerprint density at radius 1 is 1.24 bits per heavy atom. The second-order valence-electron chi connectivity index (χ2n) is 6.87. The van der Waals surface area contributed by atoms with Crippen molar-refractivity contribution in [3.05, 3.63) is 54.7 Å². The number of benzene rings is 1. The maximum absolute atomic E-state index is 12.8. The predicted molar refractivity (Wildman–Crippen MR) is 103 cm³/mol. The molecule has 9 heteroatoms. The Hall–Kier alpha value is -4.01. The summed E-state index contributed by atoms with van der Waals surface area (Å²) in [6.45, 7) is -0.0688. The number of hydrogen-bond acceptors (Lipinski definition) is 6. The van der Waals surface area contributed by atoms with Gasteiger partial charge in [0, 0.05) is 34.7 Å². The zero-order valence-corrected chi connectivity index (χ0v) is 15.3. The van der Waals surface area contributed by atoms with Gasteiger partial charge in [0.2, 0.25) is 0 Å². The number of urea groups is 1. The fourth-order valence-corrected chi connectivity index (χ4v) is 3.68. The van der Waals surface area contributed by atoms with Crippen LogP contribution >= 0.6 is 0 Å². The number of carbonyl (C=O) groups is 2. The molecule has 0 unspecified atom stereocenters. The van der Waals surface area contributed by atoms with Gasteiger partial charge >= 0.3 is 6.03 Å². The molecule has 3 amide bonds. The van der Waals surface area contributed by atoms with Crippen LogP contribution in [0.1, 0.15) is 5.76 Å². The summed E-state index contributed by atoms with van der Waals surface area (Å²) >= 11 is 0. The van der Waals surface area contributed by atoms with Gasteiger partial charge in [-0.25, -0.2) is 4.79 Å². The molecule has 1 aliphatic heterocycles. The van der Waals surface area contributed by atoms with Crippen molar-refractivity contribution in [3.63, 3.8) is 0 Å². The molecular weight excluding hydrogens is 376 g/mol. The van der Waals surface area contributed by atoms with Crippen LogP contribution in [0.4, 0.5) is 4.79 Å². The number of nitrogens with one attached hydrogen (secondary N) is 2. The molecule has 0 saturated carbocycles. The second-order valence-corrected chi connectivity index (χ2v) is 6.87. The van der Waals surface area contributed by atoms with E-state index in [-0.39, 0.29) is 18.2 Å². The monoisotopic (exact) mass is 392 g/mol. The van der Waals surface area contributed by atoms with Crippen molar-refractivity contribution in [2.24, 2.45) is 0 Å². The Morgan fingerprint density at radius 3 is 2.83 bits per heavy atom. The van der Waals surface area contributed by atoms with Crippen molar-refractivity contribution in [1.82, 2.24) is 20.2 Å². The van der Waals surface area contributed by atoms with E-state index in [1.807, 2.05) is 0 Å². The number of aromatic nitrogens is 2. The maximum Gasteiger partial charge on any atom is 0.322 e. The van der Waals surface area contributed by atoms with E-state index in [2.05, 4.69) is 15.6 Å². The van der Waals surface area contributed by atoms with Gasteiger partial charge in [0.25, 0.3) is 5.91 Å². The Morgan fingerprint density at radius 2 is 2.10 bits per heavy atom. The van der Waals surface area contributed by atoms with Gasteiger partial charge in [-0.2, -0.15) is 0 Å². The molecule has 9 nitrogen and oxygen atoms in total. The number of nitrogens with zero attached hydrogens (tertiary/aromatic N) is 2. The largest absolute Gasteiger partial charge is 0.497 e. The summed E-state index contributed by atoms with van der Waals surface area (Å²) in [5, 5.41) is 17.7. The van der Waals surface area contributed by atoms with Crippen LogP contribution in [0, 0.1) is 0 Å². The van der Waals surface area contributed by atoms with Crippen LogP contribution in [-0.2, 0) is 16.9 Å². The molecule has 1 saturated heterocycles. The number of pyridine rings is 1. The van der Waals surface area contributed by atoms with Gasteiger partial charge in [-0.15, -0.1) is 0 Å². The first-order valence-electron chi connectivity index (χ1n) is 8.84. The van der Waals surface area contributed by atoms with E-state index in [9.17, 15) is 14.7 Å². The molecule has 0 spiro atoms. The van der Waals surface area contributed by atoms with E-state index in [1.165, 1.54) is 4.57 Å². The standard InChI is InChI=1S/C20H16N4O5/c1-28-13-3-2-11-9-24(17(25)14(11)7-13)10-20(18(26)22-19(27)23-20)16-6-12-8-21-5-4-15(12)29-16/h2-9,25H,10H2,1H3,(H2,22,23,26,27)/t20-/m0/s1. The Kier molecular flexibility index (Phi) is 3.54. The lowest BCUT2D eigenvalue weighted by atomic mass is 9.96. The Balaban J connectivity index is 1.65. The highest BCUT2D eigenvalue weighted by Crippen LogP contribution is 2.36. The average molecular weight is 392 g/mol. The van der Waals surface area contributed by atoms with Crippen molar-refractivity contribution in [3.8, 4) is 11.6 Å². The lowest BCUT2D eigenvalue weighted by molar-refractivity contribution is -0.125. The third kappa shape index (κ3) is 2.51. The maximum atomic E-state index is 12.8. The highest BCUT2D eigenvalue weighted by molar-refractivity contribution is 6.07. The number of fused-ring (bicyclic) bond motifs is 2. The molecule has 1 aromatic carbocycles. The van der Waals surface area contributed by atoms with Gasteiger partial charge in [0.15, 0.2) is 11.4 Å². The first-order valence-corrected chi connectivity index (χ1v) is 8.84. The van der Waals surface area contributed by atoms with Crippen molar-refractivity contribution < 1.29 is 23.8 Å². The quantitative estimate of drug-likeness (QED) is 0.458. The normalized spacial score (nSPS) is 18.9. The summed E-state index contributed by atoms with van der Waals surface area (Å²) in [6, 6.07) is 7.99. The molecule has 1 fully saturated rings. The van der Waals surface area contributed by atoms with Crippen molar-refractivity contribution in [2.75, 3.05) is 7.11 Å². The fourth-order valence-electron chi connectivity index (χ4n) is 3.68. The van der Waals surface area contributed by atoms with Crippen LogP contribution in [0.5, 0.6) is 11.6 Å². The fraction of sp³-hybridized carbons (Fsp3) is 0.150. The first-order chi connectivity index (χ1) is 14.0. The summed E-state index contributed by atoms with van der Waals surface area (Å²) in [5.41, 5.74) is -0.984. The van der Waals surface area contributed by atoms with Gasteiger partial charge in [0.1, 0.15) is 17.1 Å². The molecule has 0 radical (unpaired) electrons. The van der Waals surface area contributed by atoms with Crippen molar-refractivity contribution >= 4 is 33.7 Å². The van der Waals surface area contributed by atoms with Crippen LogP contribution in [0.3, 0.4) is 0 Å². The number of carbonyl (C=O) groups excluding carboxylic acids is 2. The number of ether oxygens (including phenoxy) is 1. The van der Waals surface area contributed by atoms with E-state index in [1.54, 1.807) is 56.0 Å². The third-order valence-corrected chi connectivity index (χ3v) is 5.15. The molecule has 29 heavy (non-hydrogen) atoms. The summed E-state index contributed by atoms with van der Waals surface area (Å²) in [4.78, 5) is 28.9. The minimum absolute atomic E-state index is 0.0509. The topological polar surface area (TPSA) is 119 Å². The van der Waals surface area contributed by atoms with Crippen molar-refractivity contribution in [1.29, 1.82) is 0 Å². The number of hydrogen-bond donors (Lipinski definition) is 3. The average Bonchev–Trinajstić information content (AvgIpc) is 3.36. The van der Waals surface area contributed by atoms with Crippen LogP contribution in [0.2, 0.25) is 0 Å². The van der Waals surface area contributed by atoms with Gasteiger partial charge in [-0.3, -0.25) is 15.1 Å². The van der Waals surface area contributed by atoms with E-state index in [4.69, 9.17) is 9.15 Å². The van der Waals surface area contributed by atoms with Crippen molar-refractivity contribution in [2.45, 2.75) is 12.1 Å². The lowest BCUT2D eigenvalue weighted by Crippen LogP contribution is -2.47. The van der Waals surface area contributed by atoms with Gasteiger partial charge in [-0.1, -0.05) is 0 Å². The number of aromatic hydroxyl groups is 1. The summed E-state index contributed by atoms with van der Waals surface area (Å²) < 4.78 is 12.6. The molecule has 0 bridgehead atoms. The molecule has 3 N–H and O–H groups in total. The summed E-state index contributed by atoms with van der Waals surface area (Å²) in [6.07, 6.45) is 4.89. The number of rotatable bonds is 4. The summed E-state index contributed by atoms with van der Waals surface area (Å²) in [5.74, 6) is 0.227. The first kappa shape index (κ1) is 17.1. The molecule has 4 heterocycles. The predicted octanol–water partition coefficient (Wildman–Crippen LogP) is 2.23. The number of imide groups is 1. The molecule has 3 aromatic heterocycles. The van der Waals surface area contributed by atoms with Gasteiger partial charge < -0.3 is 24.1 Å². The van der Waals surface area contributed by atoms with Gasteiger partial charge in [-0.05, 0) is 30.3 Å². The lowest BCUT2D eigenvalue weighted by Gasteiger charge is -2.24. The highest BCUT2D eigenvalue weighted by Gasteiger charge is 2.51.